The van der Waals surface area contributed by atoms with Crippen LogP contribution < -0.4 is 4.74 Å². The first-order valence-corrected chi connectivity index (χ1v) is 13.4. The molecule has 1 aliphatic heterocycles. The van der Waals surface area contributed by atoms with Gasteiger partial charge in [0.1, 0.15) is 17.4 Å². The monoisotopic (exact) mass is 511 g/mol. The summed E-state index contributed by atoms with van der Waals surface area (Å²) < 4.78 is 8.09. The van der Waals surface area contributed by atoms with Gasteiger partial charge in [-0.25, -0.2) is 4.68 Å². The van der Waals surface area contributed by atoms with E-state index in [1.807, 2.05) is 38.4 Å². The minimum atomic E-state index is -0.815. The molecule has 0 bridgehead atoms. The molecule has 2 aromatic heterocycles. The summed E-state index contributed by atoms with van der Waals surface area (Å²) in [4.78, 5) is 18.9. The van der Waals surface area contributed by atoms with Crippen molar-refractivity contribution in [2.24, 2.45) is 7.05 Å². The van der Waals surface area contributed by atoms with Crippen molar-refractivity contribution in [3.05, 3.63) is 82.2 Å². The quantitative estimate of drug-likeness (QED) is 0.392. The van der Waals surface area contributed by atoms with Crippen molar-refractivity contribution < 1.29 is 14.6 Å². The number of carboxylic acid groups (broad SMARTS) is 1. The summed E-state index contributed by atoms with van der Waals surface area (Å²) in [6, 6.07) is 12.8. The number of rotatable bonds is 6. The van der Waals surface area contributed by atoms with Gasteiger partial charge in [-0.3, -0.25) is 14.7 Å². The Kier molecular flexibility index (Phi) is 6.35. The van der Waals surface area contributed by atoms with E-state index >= 15 is 0 Å². The number of pyridine rings is 1. The lowest BCUT2D eigenvalue weighted by molar-refractivity contribution is -0.137. The number of aromatic nitrogens is 4. The Morgan fingerprint density at radius 3 is 2.89 bits per heavy atom. The third kappa shape index (κ3) is 4.32. The minimum Gasteiger partial charge on any atom is -0.489 e. The van der Waals surface area contributed by atoms with Crippen LogP contribution in [-0.2, 0) is 24.8 Å². The zero-order chi connectivity index (χ0) is 26.4. The number of benzene rings is 2. The second kappa shape index (κ2) is 9.83. The molecular formula is C30H33N5O3. The fraction of sp³-hybridized carbons (Fsp3) is 0.400. The van der Waals surface area contributed by atoms with Crippen molar-refractivity contribution in [3.8, 4) is 5.75 Å². The number of hydrogen-bond acceptors (Lipinski definition) is 6. The smallest absolute Gasteiger partial charge is 0.304 e. The number of nitrogens with zero attached hydrogens (tertiary/aromatic N) is 5. The molecule has 8 heteroatoms. The molecule has 4 aromatic rings. The van der Waals surface area contributed by atoms with Crippen molar-refractivity contribution in [2.75, 3.05) is 6.54 Å². The predicted octanol–water partition coefficient (Wildman–Crippen LogP) is 4.94. The molecule has 2 unspecified atom stereocenters. The summed E-state index contributed by atoms with van der Waals surface area (Å²) in [5, 5.41) is 18.4. The average molecular weight is 512 g/mol. The number of aryl methyl sites for hydroxylation is 3. The van der Waals surface area contributed by atoms with Crippen LogP contribution in [0, 0.1) is 6.92 Å². The summed E-state index contributed by atoms with van der Waals surface area (Å²) >= 11 is 0. The van der Waals surface area contributed by atoms with Crippen molar-refractivity contribution >= 4 is 17.0 Å². The Morgan fingerprint density at radius 1 is 1.21 bits per heavy atom. The van der Waals surface area contributed by atoms with Gasteiger partial charge in [-0.05, 0) is 66.1 Å². The maximum absolute atomic E-state index is 12.0. The van der Waals surface area contributed by atoms with Crippen LogP contribution in [0.3, 0.4) is 0 Å². The zero-order valence-electron chi connectivity index (χ0n) is 22.1. The van der Waals surface area contributed by atoms with Crippen LogP contribution in [0.2, 0.25) is 0 Å². The van der Waals surface area contributed by atoms with E-state index in [2.05, 4.69) is 45.3 Å². The van der Waals surface area contributed by atoms with Gasteiger partial charge in [-0.1, -0.05) is 36.4 Å². The predicted molar refractivity (Wildman–Crippen MR) is 144 cm³/mol. The summed E-state index contributed by atoms with van der Waals surface area (Å²) in [5.74, 6) is -0.158. The first-order valence-electron chi connectivity index (χ1n) is 13.4. The first-order chi connectivity index (χ1) is 18.4. The number of hydrogen-bond donors (Lipinski definition) is 1. The van der Waals surface area contributed by atoms with Crippen molar-refractivity contribution in [1.29, 1.82) is 0 Å². The lowest BCUT2D eigenvalue weighted by atomic mass is 9.84. The van der Waals surface area contributed by atoms with Crippen LogP contribution in [0.1, 0.15) is 71.5 Å². The molecule has 2 aliphatic rings. The Morgan fingerprint density at radius 2 is 2.08 bits per heavy atom. The standard InChI is InChI=1S/C30H33N5O3/c1-4-22-17-35(16-21-15-31-12-11-28(21)38-22)26-9-7-19-5-6-20(13-25(19)26)24(14-29(36)37)23-8-10-27-30(18(23)2)32-33-34(27)3/h5-6,8,10-13,15,22,24,26H,4,7,9,14,16-17H2,1-3H3,(H,36,37)/t22-,24?,26?/m1/s1. The number of carbonyl (C=O) groups is 1. The maximum Gasteiger partial charge on any atom is 0.304 e. The molecule has 3 heterocycles. The third-order valence-corrected chi connectivity index (χ3v) is 8.31. The molecule has 0 spiro atoms. The Bertz CT molecular complexity index is 1510. The summed E-state index contributed by atoms with van der Waals surface area (Å²) in [7, 11) is 1.87. The van der Waals surface area contributed by atoms with Crippen LogP contribution >= 0.6 is 0 Å². The van der Waals surface area contributed by atoms with Gasteiger partial charge in [0.15, 0.2) is 0 Å². The summed E-state index contributed by atoms with van der Waals surface area (Å²) in [6.45, 7) is 5.82. The SMILES string of the molecule is CC[C@@H]1CN(C2CCc3ccc(C(CC(=O)O)c4ccc5c(nnn5C)c4C)cc32)Cc2cnccc2O1. The number of aliphatic carboxylic acids is 1. The molecule has 0 fully saturated rings. The van der Waals surface area contributed by atoms with Crippen LogP contribution in [0.5, 0.6) is 5.75 Å². The fourth-order valence-electron chi connectivity index (χ4n) is 6.26. The van der Waals surface area contributed by atoms with E-state index in [0.717, 1.165) is 71.4 Å². The number of carboxylic acids is 1. The molecular weight excluding hydrogens is 478 g/mol. The van der Waals surface area contributed by atoms with Crippen molar-refractivity contribution in [2.45, 2.75) is 64.1 Å². The van der Waals surface area contributed by atoms with E-state index in [0.29, 0.717) is 0 Å². The van der Waals surface area contributed by atoms with Crippen molar-refractivity contribution in [3.63, 3.8) is 0 Å². The van der Waals surface area contributed by atoms with E-state index in [4.69, 9.17) is 4.74 Å². The van der Waals surface area contributed by atoms with Gasteiger partial charge in [0.05, 0.1) is 11.9 Å². The second-order valence-electron chi connectivity index (χ2n) is 10.6. The van der Waals surface area contributed by atoms with Gasteiger partial charge in [0.2, 0.25) is 0 Å². The molecule has 196 valence electrons. The lowest BCUT2D eigenvalue weighted by Crippen LogP contribution is -2.34. The molecule has 0 radical (unpaired) electrons. The third-order valence-electron chi connectivity index (χ3n) is 8.31. The number of fused-ring (bicyclic) bond motifs is 3. The van der Waals surface area contributed by atoms with Gasteiger partial charge in [0.25, 0.3) is 0 Å². The van der Waals surface area contributed by atoms with Crippen molar-refractivity contribution in [1.82, 2.24) is 24.9 Å². The molecule has 1 N–H and O–H groups in total. The van der Waals surface area contributed by atoms with Gasteiger partial charge in [-0.15, -0.1) is 5.10 Å². The number of ether oxygens (including phenoxy) is 1. The van der Waals surface area contributed by atoms with Gasteiger partial charge in [-0.2, -0.15) is 0 Å². The largest absolute Gasteiger partial charge is 0.489 e. The Balaban J connectivity index is 1.39. The van der Waals surface area contributed by atoms with E-state index in [-0.39, 0.29) is 24.5 Å². The molecule has 0 saturated heterocycles. The highest BCUT2D eigenvalue weighted by molar-refractivity contribution is 5.80. The average Bonchev–Trinajstić information content (AvgIpc) is 3.45. The van der Waals surface area contributed by atoms with Crippen LogP contribution in [0.4, 0.5) is 0 Å². The van der Waals surface area contributed by atoms with E-state index in [1.54, 1.807) is 10.9 Å². The Labute approximate surface area is 222 Å². The highest BCUT2D eigenvalue weighted by atomic mass is 16.5. The van der Waals surface area contributed by atoms with Gasteiger partial charge < -0.3 is 9.84 Å². The summed E-state index contributed by atoms with van der Waals surface area (Å²) in [6.07, 6.45) is 6.84. The highest BCUT2D eigenvalue weighted by Crippen LogP contribution is 2.42. The fourth-order valence-corrected chi connectivity index (χ4v) is 6.26. The second-order valence-corrected chi connectivity index (χ2v) is 10.6. The molecule has 3 atom stereocenters. The van der Waals surface area contributed by atoms with E-state index in [9.17, 15) is 9.90 Å². The maximum atomic E-state index is 12.0. The van der Waals surface area contributed by atoms with Crippen LogP contribution in [0.25, 0.3) is 11.0 Å². The molecule has 6 rings (SSSR count). The van der Waals surface area contributed by atoms with Crippen LogP contribution in [0.15, 0.2) is 48.8 Å². The molecule has 1 aliphatic carbocycles. The van der Waals surface area contributed by atoms with E-state index in [1.165, 1.54) is 11.1 Å². The highest BCUT2D eigenvalue weighted by Gasteiger charge is 2.33. The minimum absolute atomic E-state index is 0.0184. The van der Waals surface area contributed by atoms with E-state index < -0.39 is 5.97 Å². The molecule has 0 amide bonds. The molecule has 0 saturated carbocycles. The zero-order valence-corrected chi connectivity index (χ0v) is 22.1. The molecule has 2 aromatic carbocycles. The summed E-state index contributed by atoms with van der Waals surface area (Å²) in [5.41, 5.74) is 8.54. The first kappa shape index (κ1) is 24.6. The molecule has 38 heavy (non-hydrogen) atoms. The van der Waals surface area contributed by atoms with Gasteiger partial charge >= 0.3 is 5.97 Å². The molecule has 8 nitrogen and oxygen atoms in total. The Hall–Kier alpha value is -3.78. The lowest BCUT2D eigenvalue weighted by Gasteiger charge is -2.30. The topological polar surface area (TPSA) is 93.4 Å². The normalized spacial score (nSPS) is 20.0. The van der Waals surface area contributed by atoms with Crippen LogP contribution in [-0.4, -0.2) is 48.6 Å². The van der Waals surface area contributed by atoms with Gasteiger partial charge in [0, 0.05) is 50.1 Å².